The number of benzene rings is 1. The van der Waals surface area contributed by atoms with Crippen molar-refractivity contribution in [2.75, 3.05) is 6.54 Å². The molecule has 0 bridgehead atoms. The molecule has 25 heavy (non-hydrogen) atoms. The topological polar surface area (TPSA) is 89.8 Å². The van der Waals surface area contributed by atoms with Crippen LogP contribution in [0.15, 0.2) is 24.3 Å². The van der Waals surface area contributed by atoms with Gasteiger partial charge in [-0.2, -0.15) is 0 Å². The molecule has 0 radical (unpaired) electrons. The Kier molecular flexibility index (Phi) is 6.60. The second-order valence-corrected chi connectivity index (χ2v) is 7.79. The predicted octanol–water partition coefficient (Wildman–Crippen LogP) is 2.15. The van der Waals surface area contributed by atoms with Gasteiger partial charge in [-0.1, -0.05) is 51.5 Å². The quantitative estimate of drug-likeness (QED) is 0.633. The molecule has 1 aliphatic rings. The van der Waals surface area contributed by atoms with Gasteiger partial charge in [0, 0.05) is 6.54 Å². The molecule has 1 aromatic rings. The molecule has 0 aliphatic heterocycles. The predicted molar refractivity (Wildman–Crippen MR) is 96.6 cm³/mol. The highest BCUT2D eigenvalue weighted by Crippen LogP contribution is 2.41. The zero-order valence-electron chi connectivity index (χ0n) is 15.4. The van der Waals surface area contributed by atoms with Gasteiger partial charge in [-0.15, -0.1) is 0 Å². The van der Waals surface area contributed by atoms with Crippen LogP contribution >= 0.6 is 0 Å². The van der Waals surface area contributed by atoms with Crippen molar-refractivity contribution in [3.8, 4) is 0 Å². The summed E-state index contributed by atoms with van der Waals surface area (Å²) in [6.07, 6.45) is 1.44. The lowest BCUT2D eigenvalue weighted by atomic mass is 9.66. The fraction of sp³-hybridized carbons (Fsp3) is 0.650. The molecule has 1 saturated carbocycles. The van der Waals surface area contributed by atoms with E-state index in [0.29, 0.717) is 23.5 Å². The molecule has 1 aliphatic carbocycles. The third-order valence-corrected chi connectivity index (χ3v) is 5.42. The number of rotatable bonds is 6. The second kappa shape index (κ2) is 8.30. The lowest BCUT2D eigenvalue weighted by Gasteiger charge is -2.43. The maximum atomic E-state index is 12.7. The van der Waals surface area contributed by atoms with E-state index < -0.39 is 17.6 Å². The molecule has 4 N–H and O–H groups in total. The van der Waals surface area contributed by atoms with Crippen LogP contribution in [-0.4, -0.2) is 33.4 Å². The number of hydrogen-bond acceptors (Lipinski definition) is 4. The molecule has 4 atom stereocenters. The summed E-state index contributed by atoms with van der Waals surface area (Å²) >= 11 is 0. The van der Waals surface area contributed by atoms with Crippen molar-refractivity contribution in [3.63, 3.8) is 0 Å². The van der Waals surface area contributed by atoms with Crippen molar-refractivity contribution in [2.24, 2.45) is 17.8 Å². The van der Waals surface area contributed by atoms with E-state index in [1.54, 1.807) is 24.3 Å². The van der Waals surface area contributed by atoms with Crippen molar-refractivity contribution < 1.29 is 20.1 Å². The number of hydrogen-bond donors (Lipinski definition) is 4. The van der Waals surface area contributed by atoms with E-state index in [4.69, 9.17) is 0 Å². The van der Waals surface area contributed by atoms with Gasteiger partial charge in [0.2, 0.25) is 0 Å². The highest BCUT2D eigenvalue weighted by atomic mass is 16.3. The second-order valence-electron chi connectivity index (χ2n) is 7.79. The first kappa shape index (κ1) is 19.9. The Balaban J connectivity index is 2.04. The van der Waals surface area contributed by atoms with Gasteiger partial charge in [0.05, 0.1) is 12.7 Å². The molecule has 0 unspecified atom stereocenters. The van der Waals surface area contributed by atoms with E-state index in [2.05, 4.69) is 12.2 Å². The van der Waals surface area contributed by atoms with Gasteiger partial charge in [0.15, 0.2) is 0 Å². The van der Waals surface area contributed by atoms with E-state index in [-0.39, 0.29) is 25.0 Å². The third kappa shape index (κ3) is 4.60. The van der Waals surface area contributed by atoms with E-state index in [9.17, 15) is 20.1 Å². The van der Waals surface area contributed by atoms with Crippen molar-refractivity contribution in [1.29, 1.82) is 0 Å². The first-order valence-electron chi connectivity index (χ1n) is 9.16. The Morgan fingerprint density at radius 2 is 2.08 bits per heavy atom. The summed E-state index contributed by atoms with van der Waals surface area (Å²) < 4.78 is 0. The van der Waals surface area contributed by atoms with Gasteiger partial charge in [0.1, 0.15) is 5.60 Å². The average molecular weight is 349 g/mol. The van der Waals surface area contributed by atoms with Gasteiger partial charge in [-0.3, -0.25) is 4.79 Å². The van der Waals surface area contributed by atoms with Crippen molar-refractivity contribution in [2.45, 2.75) is 58.3 Å². The number of carbonyl (C=O) groups is 1. The summed E-state index contributed by atoms with van der Waals surface area (Å²) in [5.41, 5.74) is -0.0304. The summed E-state index contributed by atoms with van der Waals surface area (Å²) in [5.74, 6) is 0.0555. The Morgan fingerprint density at radius 3 is 2.72 bits per heavy atom. The summed E-state index contributed by atoms with van der Waals surface area (Å²) in [4.78, 5) is 12.7. The molecule has 1 aromatic carbocycles. The first-order chi connectivity index (χ1) is 11.8. The van der Waals surface area contributed by atoms with Gasteiger partial charge in [-0.05, 0) is 41.7 Å². The van der Waals surface area contributed by atoms with Gasteiger partial charge in [0.25, 0.3) is 5.91 Å². The Labute approximate surface area is 150 Å². The highest BCUT2D eigenvalue weighted by molar-refractivity contribution is 5.85. The van der Waals surface area contributed by atoms with Crippen LogP contribution in [0.25, 0.3) is 0 Å². The molecule has 0 heterocycles. The fourth-order valence-electron chi connectivity index (χ4n) is 3.99. The minimum Gasteiger partial charge on any atom is -0.392 e. The molecule has 0 aromatic heterocycles. The smallest absolute Gasteiger partial charge is 0.252 e. The van der Waals surface area contributed by atoms with Crippen LogP contribution in [-0.2, 0) is 11.4 Å². The van der Waals surface area contributed by atoms with E-state index in [1.807, 2.05) is 13.8 Å². The van der Waals surface area contributed by atoms with Gasteiger partial charge in [-0.25, -0.2) is 0 Å². The molecular formula is C20H31NO4. The minimum absolute atomic E-state index is 0.0369. The number of aliphatic hydroxyl groups excluding tert-OH is 2. The normalized spacial score (nSPS) is 28.0. The Bertz CT molecular complexity index is 589. The van der Waals surface area contributed by atoms with E-state index in [0.717, 1.165) is 12.8 Å². The van der Waals surface area contributed by atoms with E-state index in [1.165, 1.54) is 0 Å². The molecule has 1 fully saturated rings. The summed E-state index contributed by atoms with van der Waals surface area (Å²) in [6.45, 7) is 6.07. The number of nitrogens with one attached hydrogen (secondary N) is 1. The van der Waals surface area contributed by atoms with Crippen molar-refractivity contribution in [1.82, 2.24) is 5.32 Å². The average Bonchev–Trinajstić information content (AvgIpc) is 2.58. The third-order valence-electron chi connectivity index (χ3n) is 5.42. The van der Waals surface area contributed by atoms with E-state index >= 15 is 0 Å². The lowest BCUT2D eigenvalue weighted by Crippen LogP contribution is -2.56. The molecule has 0 saturated heterocycles. The monoisotopic (exact) mass is 349 g/mol. The van der Waals surface area contributed by atoms with Crippen LogP contribution in [0.1, 0.15) is 57.3 Å². The molecular weight excluding hydrogens is 318 g/mol. The summed E-state index contributed by atoms with van der Waals surface area (Å²) in [7, 11) is 0. The van der Waals surface area contributed by atoms with Crippen LogP contribution in [0, 0.1) is 17.8 Å². The first-order valence-corrected chi connectivity index (χ1v) is 9.16. The van der Waals surface area contributed by atoms with Crippen LogP contribution in [0.3, 0.4) is 0 Å². The van der Waals surface area contributed by atoms with Crippen LogP contribution < -0.4 is 5.32 Å². The number of aliphatic hydroxyl groups is 3. The molecule has 0 spiro atoms. The molecule has 5 heteroatoms. The maximum Gasteiger partial charge on any atom is 0.252 e. The molecule has 2 rings (SSSR count). The molecule has 1 amide bonds. The van der Waals surface area contributed by atoms with Gasteiger partial charge >= 0.3 is 0 Å². The lowest BCUT2D eigenvalue weighted by molar-refractivity contribution is -0.156. The SMILES string of the molecule is CC(C)[C@@H]1CC[C@@H](C)C[C@@]1(O)C(=O)NC[C@@H](O)c1cccc(CO)c1. The summed E-state index contributed by atoms with van der Waals surface area (Å²) in [6, 6.07) is 7.00. The zero-order chi connectivity index (χ0) is 18.6. The molecule has 5 nitrogen and oxygen atoms in total. The largest absolute Gasteiger partial charge is 0.392 e. The fourth-order valence-corrected chi connectivity index (χ4v) is 3.99. The zero-order valence-corrected chi connectivity index (χ0v) is 15.4. The minimum atomic E-state index is -1.38. The maximum absolute atomic E-state index is 12.7. The number of amides is 1. The highest BCUT2D eigenvalue weighted by Gasteiger charge is 2.48. The van der Waals surface area contributed by atoms with Crippen LogP contribution in [0.4, 0.5) is 0 Å². The Hall–Kier alpha value is -1.43. The summed E-state index contributed by atoms with van der Waals surface area (Å²) in [5, 5.41) is 33.3. The van der Waals surface area contributed by atoms with Crippen LogP contribution in [0.5, 0.6) is 0 Å². The van der Waals surface area contributed by atoms with Crippen molar-refractivity contribution >= 4 is 5.91 Å². The van der Waals surface area contributed by atoms with Gasteiger partial charge < -0.3 is 20.6 Å². The van der Waals surface area contributed by atoms with Crippen LogP contribution in [0.2, 0.25) is 0 Å². The number of carbonyl (C=O) groups excluding carboxylic acids is 1. The Morgan fingerprint density at radius 1 is 1.36 bits per heavy atom. The standard InChI is InChI=1S/C20H31NO4/c1-13(2)17-8-7-14(3)10-20(17,25)19(24)21-11-18(23)16-6-4-5-15(9-16)12-22/h4-6,9,13-14,17-18,22-23,25H,7-8,10-12H2,1-3H3,(H,21,24)/t14-,17+,18-,20+/m1/s1. The molecule has 140 valence electrons. The van der Waals surface area contributed by atoms with Crippen molar-refractivity contribution in [3.05, 3.63) is 35.4 Å².